The lowest BCUT2D eigenvalue weighted by Gasteiger charge is -2.18. The third-order valence-electron chi connectivity index (χ3n) is 3.12. The average Bonchev–Trinajstić information content (AvgIpc) is 2.53. The van der Waals surface area contributed by atoms with Crippen LogP contribution >= 0.6 is 0 Å². The first-order chi connectivity index (χ1) is 10.2. The molecule has 0 aliphatic carbocycles. The molecule has 6 nitrogen and oxygen atoms in total. The maximum atomic E-state index is 11.1. The second kappa shape index (κ2) is 6.71. The van der Waals surface area contributed by atoms with Crippen LogP contribution in [0.15, 0.2) is 48.5 Å². The molecule has 2 N–H and O–H groups in total. The molecule has 0 saturated carbocycles. The lowest BCUT2D eigenvalue weighted by atomic mass is 10.1. The molecule has 110 valence electrons. The van der Waals surface area contributed by atoms with Crippen molar-refractivity contribution in [3.05, 3.63) is 64.2 Å². The van der Waals surface area contributed by atoms with E-state index in [4.69, 9.17) is 4.74 Å². The van der Waals surface area contributed by atoms with Crippen molar-refractivity contribution in [1.29, 1.82) is 0 Å². The SMILES string of the molecule is COc1ccc(NC(CO)c2ccccc2)c([N+](=O)[O-])c1. The van der Waals surface area contributed by atoms with Gasteiger partial charge in [0.15, 0.2) is 0 Å². The van der Waals surface area contributed by atoms with Gasteiger partial charge >= 0.3 is 0 Å². The Kier molecular flexibility index (Phi) is 4.73. The van der Waals surface area contributed by atoms with Crippen molar-refractivity contribution >= 4 is 11.4 Å². The van der Waals surface area contributed by atoms with E-state index in [1.807, 2.05) is 30.3 Å². The van der Waals surface area contributed by atoms with Gasteiger partial charge in [-0.15, -0.1) is 0 Å². The van der Waals surface area contributed by atoms with Crippen molar-refractivity contribution in [2.45, 2.75) is 6.04 Å². The fraction of sp³-hybridized carbons (Fsp3) is 0.200. The first-order valence-electron chi connectivity index (χ1n) is 6.40. The first-order valence-corrected chi connectivity index (χ1v) is 6.40. The van der Waals surface area contributed by atoms with Gasteiger partial charge in [-0.3, -0.25) is 10.1 Å². The van der Waals surface area contributed by atoms with Gasteiger partial charge in [-0.05, 0) is 17.7 Å². The summed E-state index contributed by atoms with van der Waals surface area (Å²) in [5.41, 5.74) is 1.09. The van der Waals surface area contributed by atoms with E-state index in [9.17, 15) is 15.2 Å². The summed E-state index contributed by atoms with van der Waals surface area (Å²) < 4.78 is 4.99. The Morgan fingerprint density at radius 2 is 2.00 bits per heavy atom. The number of anilines is 1. The van der Waals surface area contributed by atoms with Gasteiger partial charge in [0.25, 0.3) is 5.69 Å². The van der Waals surface area contributed by atoms with Crippen molar-refractivity contribution in [2.75, 3.05) is 19.0 Å². The Morgan fingerprint density at radius 3 is 2.57 bits per heavy atom. The minimum Gasteiger partial charge on any atom is -0.496 e. The van der Waals surface area contributed by atoms with E-state index in [0.717, 1.165) is 5.56 Å². The van der Waals surface area contributed by atoms with Gasteiger partial charge in [-0.1, -0.05) is 30.3 Å². The summed E-state index contributed by atoms with van der Waals surface area (Å²) in [6, 6.07) is 13.4. The molecule has 2 rings (SSSR count). The average molecular weight is 288 g/mol. The Hall–Kier alpha value is -2.60. The van der Waals surface area contributed by atoms with Crippen LogP contribution in [-0.4, -0.2) is 23.7 Å². The van der Waals surface area contributed by atoms with Crippen LogP contribution in [0.25, 0.3) is 0 Å². The zero-order valence-corrected chi connectivity index (χ0v) is 11.5. The zero-order chi connectivity index (χ0) is 15.2. The number of aliphatic hydroxyl groups is 1. The van der Waals surface area contributed by atoms with Crippen LogP contribution in [0, 0.1) is 10.1 Å². The van der Waals surface area contributed by atoms with E-state index in [2.05, 4.69) is 5.32 Å². The normalized spacial score (nSPS) is 11.7. The predicted molar refractivity (Wildman–Crippen MR) is 79.5 cm³/mol. The topological polar surface area (TPSA) is 84.6 Å². The number of nitro benzene ring substituents is 1. The minimum atomic E-state index is -0.482. The Labute approximate surface area is 122 Å². The number of nitrogens with one attached hydrogen (secondary N) is 1. The van der Waals surface area contributed by atoms with Crippen molar-refractivity contribution < 1.29 is 14.8 Å². The molecule has 0 aliphatic heterocycles. The zero-order valence-electron chi connectivity index (χ0n) is 11.5. The van der Waals surface area contributed by atoms with E-state index in [1.54, 1.807) is 12.1 Å². The van der Waals surface area contributed by atoms with Gasteiger partial charge in [-0.2, -0.15) is 0 Å². The van der Waals surface area contributed by atoms with E-state index in [0.29, 0.717) is 11.4 Å². The standard InChI is InChI=1S/C15H16N2O4/c1-21-12-7-8-13(15(9-12)17(19)20)16-14(10-18)11-5-3-2-4-6-11/h2-9,14,16,18H,10H2,1H3. The van der Waals surface area contributed by atoms with Crippen LogP contribution in [-0.2, 0) is 0 Å². The van der Waals surface area contributed by atoms with Gasteiger partial charge < -0.3 is 15.2 Å². The fourth-order valence-electron chi connectivity index (χ4n) is 2.02. The number of hydrogen-bond acceptors (Lipinski definition) is 5. The summed E-state index contributed by atoms with van der Waals surface area (Å²) in [7, 11) is 1.45. The molecule has 0 amide bonds. The highest BCUT2D eigenvalue weighted by Crippen LogP contribution is 2.31. The van der Waals surface area contributed by atoms with Crippen LogP contribution in [0.2, 0.25) is 0 Å². The van der Waals surface area contributed by atoms with E-state index < -0.39 is 11.0 Å². The van der Waals surface area contributed by atoms with E-state index in [-0.39, 0.29) is 12.3 Å². The van der Waals surface area contributed by atoms with Crippen LogP contribution in [0.4, 0.5) is 11.4 Å². The summed E-state index contributed by atoms with van der Waals surface area (Å²) in [6.45, 7) is -0.173. The van der Waals surface area contributed by atoms with Crippen LogP contribution in [0.3, 0.4) is 0 Å². The molecule has 0 aliphatic rings. The molecular weight excluding hydrogens is 272 g/mol. The number of hydrogen-bond donors (Lipinski definition) is 2. The predicted octanol–water partition coefficient (Wildman–Crippen LogP) is 2.75. The first kappa shape index (κ1) is 14.8. The summed E-state index contributed by atoms with van der Waals surface area (Å²) in [4.78, 5) is 10.7. The lowest BCUT2D eigenvalue weighted by molar-refractivity contribution is -0.384. The van der Waals surface area contributed by atoms with E-state index >= 15 is 0 Å². The van der Waals surface area contributed by atoms with Crippen molar-refractivity contribution in [1.82, 2.24) is 0 Å². The molecule has 0 aromatic heterocycles. The largest absolute Gasteiger partial charge is 0.496 e. The third kappa shape index (κ3) is 3.49. The van der Waals surface area contributed by atoms with Crippen molar-refractivity contribution in [3.8, 4) is 5.75 Å². The lowest BCUT2D eigenvalue weighted by Crippen LogP contribution is -2.15. The quantitative estimate of drug-likeness (QED) is 0.630. The van der Waals surface area contributed by atoms with Crippen LogP contribution < -0.4 is 10.1 Å². The van der Waals surface area contributed by atoms with Gasteiger partial charge in [0.05, 0.1) is 30.7 Å². The number of benzene rings is 2. The molecule has 2 aromatic rings. The highest BCUT2D eigenvalue weighted by Gasteiger charge is 2.18. The summed E-state index contributed by atoms with van der Waals surface area (Å²) >= 11 is 0. The highest BCUT2D eigenvalue weighted by atomic mass is 16.6. The van der Waals surface area contributed by atoms with Gasteiger partial charge in [-0.25, -0.2) is 0 Å². The number of nitro groups is 1. The summed E-state index contributed by atoms with van der Waals surface area (Å²) in [6.07, 6.45) is 0. The van der Waals surface area contributed by atoms with Crippen LogP contribution in [0.5, 0.6) is 5.75 Å². The molecule has 1 unspecified atom stereocenters. The fourth-order valence-corrected chi connectivity index (χ4v) is 2.02. The maximum Gasteiger partial charge on any atom is 0.296 e. The molecule has 0 heterocycles. The molecule has 6 heteroatoms. The number of rotatable bonds is 6. The van der Waals surface area contributed by atoms with Gasteiger partial charge in [0.1, 0.15) is 11.4 Å². The number of ether oxygens (including phenoxy) is 1. The summed E-state index contributed by atoms with van der Waals surface area (Å²) in [5, 5.41) is 23.7. The maximum absolute atomic E-state index is 11.1. The minimum absolute atomic E-state index is 0.0938. The molecule has 21 heavy (non-hydrogen) atoms. The Bertz CT molecular complexity index is 616. The third-order valence-corrected chi connectivity index (χ3v) is 3.12. The Balaban J connectivity index is 2.31. The molecule has 0 saturated heterocycles. The molecular formula is C15H16N2O4. The second-order valence-electron chi connectivity index (χ2n) is 4.43. The molecule has 0 fully saturated rings. The smallest absolute Gasteiger partial charge is 0.296 e. The van der Waals surface area contributed by atoms with Crippen LogP contribution in [0.1, 0.15) is 11.6 Å². The van der Waals surface area contributed by atoms with E-state index in [1.165, 1.54) is 13.2 Å². The number of methoxy groups -OCH3 is 1. The van der Waals surface area contributed by atoms with Gasteiger partial charge in [0, 0.05) is 0 Å². The molecule has 0 bridgehead atoms. The Morgan fingerprint density at radius 1 is 1.29 bits per heavy atom. The number of aliphatic hydroxyl groups excluding tert-OH is 1. The highest BCUT2D eigenvalue weighted by molar-refractivity contribution is 5.64. The second-order valence-corrected chi connectivity index (χ2v) is 4.43. The summed E-state index contributed by atoms with van der Waals surface area (Å²) in [5.74, 6) is 0.410. The molecule has 1 atom stereocenters. The monoisotopic (exact) mass is 288 g/mol. The van der Waals surface area contributed by atoms with Gasteiger partial charge in [0.2, 0.25) is 0 Å². The van der Waals surface area contributed by atoms with Crippen molar-refractivity contribution in [3.63, 3.8) is 0 Å². The van der Waals surface area contributed by atoms with Crippen molar-refractivity contribution in [2.24, 2.45) is 0 Å². The molecule has 2 aromatic carbocycles. The molecule has 0 radical (unpaired) electrons. The molecule has 0 spiro atoms. The number of nitrogens with zero attached hydrogens (tertiary/aromatic N) is 1.